The van der Waals surface area contributed by atoms with Crippen LogP contribution >= 0.6 is 0 Å². The van der Waals surface area contributed by atoms with Crippen molar-refractivity contribution in [1.82, 2.24) is 9.88 Å². The van der Waals surface area contributed by atoms with Gasteiger partial charge in [0, 0.05) is 42.6 Å². The van der Waals surface area contributed by atoms with Crippen molar-refractivity contribution in [3.8, 4) is 0 Å². The maximum absolute atomic E-state index is 13.0. The Morgan fingerprint density at radius 3 is 2.59 bits per heavy atom. The average molecular weight is 366 g/mol. The van der Waals surface area contributed by atoms with Gasteiger partial charge in [-0.1, -0.05) is 6.92 Å². The monoisotopic (exact) mass is 366 g/mol. The topological polar surface area (TPSA) is 74.3 Å². The summed E-state index contributed by atoms with van der Waals surface area (Å²) in [5, 5.41) is 5.95. The molecule has 6 heteroatoms. The van der Waals surface area contributed by atoms with Gasteiger partial charge in [-0.15, -0.1) is 0 Å². The lowest BCUT2D eigenvalue weighted by atomic mass is 9.99. The zero-order valence-corrected chi connectivity index (χ0v) is 15.9. The maximum atomic E-state index is 13.0. The molecular weight excluding hydrogens is 340 g/mol. The molecule has 0 bridgehead atoms. The lowest BCUT2D eigenvalue weighted by Crippen LogP contribution is -2.43. The SMILES string of the molecule is CCC1CCCCN1C(=O)c1ccnc(Nc2ccc(NC(C)=O)cc2)c1. The molecule has 0 radical (unpaired) electrons. The van der Waals surface area contributed by atoms with Crippen molar-refractivity contribution in [2.45, 2.75) is 45.6 Å². The van der Waals surface area contributed by atoms with Crippen molar-refractivity contribution in [2.75, 3.05) is 17.2 Å². The summed E-state index contributed by atoms with van der Waals surface area (Å²) in [6, 6.07) is 11.3. The van der Waals surface area contributed by atoms with E-state index in [9.17, 15) is 9.59 Å². The molecule has 1 atom stereocenters. The number of pyridine rings is 1. The van der Waals surface area contributed by atoms with Crippen molar-refractivity contribution in [2.24, 2.45) is 0 Å². The van der Waals surface area contributed by atoms with Crippen LogP contribution in [0.2, 0.25) is 0 Å². The first-order valence-electron chi connectivity index (χ1n) is 9.48. The molecular formula is C21H26N4O2. The van der Waals surface area contributed by atoms with Crippen LogP contribution in [-0.4, -0.2) is 34.3 Å². The number of piperidine rings is 1. The molecule has 0 aliphatic carbocycles. The van der Waals surface area contributed by atoms with Crippen molar-refractivity contribution in [3.05, 3.63) is 48.2 Å². The van der Waals surface area contributed by atoms with Gasteiger partial charge in [0.15, 0.2) is 0 Å². The van der Waals surface area contributed by atoms with Crippen molar-refractivity contribution >= 4 is 29.0 Å². The van der Waals surface area contributed by atoms with Crippen LogP contribution in [0.25, 0.3) is 0 Å². The number of likely N-dealkylation sites (tertiary alicyclic amines) is 1. The molecule has 2 heterocycles. The first-order valence-corrected chi connectivity index (χ1v) is 9.48. The molecule has 1 aromatic carbocycles. The summed E-state index contributed by atoms with van der Waals surface area (Å²) >= 11 is 0. The second-order valence-corrected chi connectivity index (χ2v) is 6.87. The van der Waals surface area contributed by atoms with Crippen LogP contribution in [0, 0.1) is 0 Å². The molecule has 1 fully saturated rings. The molecule has 6 nitrogen and oxygen atoms in total. The van der Waals surface area contributed by atoms with Crippen molar-refractivity contribution < 1.29 is 9.59 Å². The zero-order chi connectivity index (χ0) is 19.2. The number of aromatic nitrogens is 1. The Balaban J connectivity index is 1.71. The van der Waals surface area contributed by atoms with Gasteiger partial charge >= 0.3 is 0 Å². The normalized spacial score (nSPS) is 16.7. The first-order chi connectivity index (χ1) is 13.1. The van der Waals surface area contributed by atoms with E-state index in [1.54, 1.807) is 18.3 Å². The van der Waals surface area contributed by atoms with E-state index < -0.39 is 0 Å². The predicted octanol–water partition coefficient (Wildman–Crippen LogP) is 4.19. The first kappa shape index (κ1) is 18.9. The number of rotatable bonds is 5. The van der Waals surface area contributed by atoms with Crippen LogP contribution in [0.1, 0.15) is 49.9 Å². The largest absolute Gasteiger partial charge is 0.340 e. The Hall–Kier alpha value is -2.89. The summed E-state index contributed by atoms with van der Waals surface area (Å²) in [6.45, 7) is 4.44. The summed E-state index contributed by atoms with van der Waals surface area (Å²) in [6.07, 6.45) is 5.99. The molecule has 2 aromatic rings. The molecule has 0 saturated carbocycles. The smallest absolute Gasteiger partial charge is 0.254 e. The average Bonchev–Trinajstić information content (AvgIpc) is 2.69. The predicted molar refractivity (Wildman–Crippen MR) is 107 cm³/mol. The molecule has 3 rings (SSSR count). The van der Waals surface area contributed by atoms with Crippen molar-refractivity contribution in [3.63, 3.8) is 0 Å². The number of nitrogens with zero attached hydrogens (tertiary/aromatic N) is 2. The Kier molecular flexibility index (Phi) is 6.06. The summed E-state index contributed by atoms with van der Waals surface area (Å²) in [5.74, 6) is 0.595. The van der Waals surface area contributed by atoms with Crippen LogP contribution < -0.4 is 10.6 Å². The van der Waals surface area contributed by atoms with Crippen molar-refractivity contribution in [1.29, 1.82) is 0 Å². The molecule has 0 spiro atoms. The fraction of sp³-hybridized carbons (Fsp3) is 0.381. The van der Waals surface area contributed by atoms with Crippen LogP contribution in [-0.2, 0) is 4.79 Å². The minimum absolute atomic E-state index is 0.0769. The minimum Gasteiger partial charge on any atom is -0.340 e. The van der Waals surface area contributed by atoms with Gasteiger partial charge in [0.1, 0.15) is 5.82 Å². The number of hydrogen-bond acceptors (Lipinski definition) is 4. The van der Waals surface area contributed by atoms with Crippen LogP contribution in [0.3, 0.4) is 0 Å². The fourth-order valence-corrected chi connectivity index (χ4v) is 3.48. The number of amides is 2. The molecule has 27 heavy (non-hydrogen) atoms. The van der Waals surface area contributed by atoms with E-state index >= 15 is 0 Å². The Morgan fingerprint density at radius 2 is 1.89 bits per heavy atom. The summed E-state index contributed by atoms with van der Waals surface area (Å²) in [4.78, 5) is 30.4. The van der Waals surface area contributed by atoms with Gasteiger partial charge in [-0.25, -0.2) is 4.98 Å². The number of carbonyl (C=O) groups excluding carboxylic acids is 2. The third-order valence-corrected chi connectivity index (χ3v) is 4.84. The summed E-state index contributed by atoms with van der Waals surface area (Å²) < 4.78 is 0. The number of hydrogen-bond donors (Lipinski definition) is 2. The Bertz CT molecular complexity index is 804. The van der Waals surface area contributed by atoms with Gasteiger partial charge in [0.2, 0.25) is 5.91 Å². The van der Waals surface area contributed by atoms with E-state index in [-0.39, 0.29) is 11.8 Å². The van der Waals surface area contributed by atoms with E-state index in [4.69, 9.17) is 0 Å². The van der Waals surface area contributed by atoms with Gasteiger partial charge in [0.05, 0.1) is 0 Å². The van der Waals surface area contributed by atoms with Crippen LogP contribution in [0.5, 0.6) is 0 Å². The van der Waals surface area contributed by atoms with E-state index in [0.717, 1.165) is 37.2 Å². The van der Waals surface area contributed by atoms with Gasteiger partial charge in [0.25, 0.3) is 5.91 Å². The Morgan fingerprint density at radius 1 is 1.15 bits per heavy atom. The third-order valence-electron chi connectivity index (χ3n) is 4.84. The minimum atomic E-state index is -0.105. The second-order valence-electron chi connectivity index (χ2n) is 6.87. The fourth-order valence-electron chi connectivity index (χ4n) is 3.48. The zero-order valence-electron chi connectivity index (χ0n) is 15.9. The van der Waals surface area contributed by atoms with Crippen LogP contribution in [0.15, 0.2) is 42.6 Å². The second kappa shape index (κ2) is 8.66. The number of benzene rings is 1. The highest BCUT2D eigenvalue weighted by Crippen LogP contribution is 2.23. The highest BCUT2D eigenvalue weighted by molar-refractivity contribution is 5.95. The number of nitrogens with one attached hydrogen (secondary N) is 2. The highest BCUT2D eigenvalue weighted by atomic mass is 16.2. The standard InChI is InChI=1S/C21H26N4O2/c1-3-19-6-4-5-13-25(19)21(27)16-11-12-22-20(14-16)24-18-9-7-17(8-10-18)23-15(2)26/h7-12,14,19H,3-6,13H2,1-2H3,(H,22,24)(H,23,26). The third kappa shape index (κ3) is 4.84. The molecule has 1 aliphatic rings. The van der Waals surface area contributed by atoms with E-state index in [1.165, 1.54) is 13.3 Å². The lowest BCUT2D eigenvalue weighted by molar-refractivity contribution is -0.114. The van der Waals surface area contributed by atoms with Gasteiger partial charge in [-0.3, -0.25) is 9.59 Å². The molecule has 2 N–H and O–H groups in total. The molecule has 1 aliphatic heterocycles. The molecule has 1 unspecified atom stereocenters. The quantitative estimate of drug-likeness (QED) is 0.832. The molecule has 142 valence electrons. The van der Waals surface area contributed by atoms with E-state index in [0.29, 0.717) is 17.4 Å². The summed E-state index contributed by atoms with van der Waals surface area (Å²) in [7, 11) is 0. The molecule has 1 saturated heterocycles. The van der Waals surface area contributed by atoms with E-state index in [1.807, 2.05) is 29.2 Å². The number of anilines is 3. The lowest BCUT2D eigenvalue weighted by Gasteiger charge is -2.35. The number of carbonyl (C=O) groups is 2. The molecule has 2 amide bonds. The van der Waals surface area contributed by atoms with Gasteiger partial charge < -0.3 is 15.5 Å². The summed E-state index contributed by atoms with van der Waals surface area (Å²) in [5.41, 5.74) is 2.23. The van der Waals surface area contributed by atoms with Crippen LogP contribution in [0.4, 0.5) is 17.2 Å². The molecule has 1 aromatic heterocycles. The van der Waals surface area contributed by atoms with Gasteiger partial charge in [-0.05, 0) is 62.1 Å². The van der Waals surface area contributed by atoms with Gasteiger partial charge in [-0.2, -0.15) is 0 Å². The maximum Gasteiger partial charge on any atom is 0.254 e. The highest BCUT2D eigenvalue weighted by Gasteiger charge is 2.26. The van der Waals surface area contributed by atoms with E-state index in [2.05, 4.69) is 22.5 Å². The Labute approximate surface area is 160 Å².